The van der Waals surface area contributed by atoms with E-state index in [1.165, 1.54) is 37.1 Å². The molecular weight excluding hydrogens is 285 g/mol. The zero-order valence-electron chi connectivity index (χ0n) is 12.4. The van der Waals surface area contributed by atoms with Crippen molar-refractivity contribution in [3.63, 3.8) is 0 Å². The summed E-state index contributed by atoms with van der Waals surface area (Å²) in [5, 5.41) is 2.59. The Morgan fingerprint density at radius 1 is 1.14 bits per heavy atom. The summed E-state index contributed by atoms with van der Waals surface area (Å²) in [6.45, 7) is 3.77. The summed E-state index contributed by atoms with van der Waals surface area (Å²) >= 11 is 0. The quantitative estimate of drug-likeness (QED) is 0.898. The number of nitrogens with zero attached hydrogens (tertiary/aromatic N) is 2. The molecule has 2 fully saturated rings. The van der Waals surface area contributed by atoms with Crippen LogP contribution in [0.3, 0.4) is 0 Å². The second-order valence-corrected chi connectivity index (χ2v) is 5.89. The first kappa shape index (κ1) is 15.0. The van der Waals surface area contributed by atoms with Gasteiger partial charge in [0.05, 0.1) is 6.54 Å². The van der Waals surface area contributed by atoms with Crippen molar-refractivity contribution in [3.8, 4) is 0 Å². The molecule has 0 atom stereocenters. The zero-order valence-corrected chi connectivity index (χ0v) is 12.4. The molecule has 2 aliphatic heterocycles. The highest BCUT2D eigenvalue weighted by Gasteiger charge is 2.35. The predicted molar refractivity (Wildman–Crippen MR) is 79.9 cm³/mol. The number of halogens is 1. The van der Waals surface area contributed by atoms with Crippen LogP contribution in [-0.2, 0) is 4.79 Å². The normalized spacial score (nSPS) is 19.0. The summed E-state index contributed by atoms with van der Waals surface area (Å²) in [4.78, 5) is 28.1. The minimum absolute atomic E-state index is 0.0110. The van der Waals surface area contributed by atoms with Gasteiger partial charge >= 0.3 is 0 Å². The van der Waals surface area contributed by atoms with Crippen LogP contribution in [0.15, 0.2) is 24.3 Å². The lowest BCUT2D eigenvalue weighted by Crippen LogP contribution is -2.61. The molecule has 0 spiro atoms. The number of nitrogens with one attached hydrogen (secondary N) is 1. The number of rotatable bonds is 4. The largest absolute Gasteiger partial charge is 0.343 e. The monoisotopic (exact) mass is 305 g/mol. The SMILES string of the molecule is O=C(NCC(=O)N1CC(N2CCCC2)C1)c1ccc(F)cc1. The van der Waals surface area contributed by atoms with E-state index in [9.17, 15) is 14.0 Å². The summed E-state index contributed by atoms with van der Waals surface area (Å²) in [5.41, 5.74) is 0.354. The van der Waals surface area contributed by atoms with Gasteiger partial charge in [-0.25, -0.2) is 4.39 Å². The Morgan fingerprint density at radius 3 is 2.41 bits per heavy atom. The minimum Gasteiger partial charge on any atom is -0.343 e. The van der Waals surface area contributed by atoms with E-state index in [1.54, 1.807) is 4.90 Å². The first-order valence-corrected chi connectivity index (χ1v) is 7.69. The lowest BCUT2D eigenvalue weighted by Gasteiger charge is -2.44. The van der Waals surface area contributed by atoms with Gasteiger partial charge in [0.2, 0.25) is 5.91 Å². The van der Waals surface area contributed by atoms with E-state index in [1.807, 2.05) is 0 Å². The second-order valence-electron chi connectivity index (χ2n) is 5.89. The highest BCUT2D eigenvalue weighted by Crippen LogP contribution is 2.19. The zero-order chi connectivity index (χ0) is 15.5. The number of amides is 2. The van der Waals surface area contributed by atoms with Gasteiger partial charge in [-0.1, -0.05) is 0 Å². The van der Waals surface area contributed by atoms with Gasteiger partial charge in [0.25, 0.3) is 5.91 Å². The van der Waals surface area contributed by atoms with Gasteiger partial charge < -0.3 is 10.2 Å². The van der Waals surface area contributed by atoms with Crippen molar-refractivity contribution >= 4 is 11.8 Å². The van der Waals surface area contributed by atoms with Gasteiger partial charge in [-0.15, -0.1) is 0 Å². The first-order chi connectivity index (χ1) is 10.6. The van der Waals surface area contributed by atoms with Crippen LogP contribution in [0.4, 0.5) is 4.39 Å². The van der Waals surface area contributed by atoms with Crippen LogP contribution in [0.1, 0.15) is 23.2 Å². The summed E-state index contributed by atoms with van der Waals surface area (Å²) in [5.74, 6) is -0.808. The van der Waals surface area contributed by atoms with E-state index in [4.69, 9.17) is 0 Å². The third kappa shape index (κ3) is 3.27. The third-order valence-electron chi connectivity index (χ3n) is 4.38. The van der Waals surface area contributed by atoms with Crippen LogP contribution in [0.2, 0.25) is 0 Å². The average molecular weight is 305 g/mol. The molecule has 5 nitrogen and oxygen atoms in total. The number of likely N-dealkylation sites (tertiary alicyclic amines) is 2. The van der Waals surface area contributed by atoms with Crippen molar-refractivity contribution in [2.45, 2.75) is 18.9 Å². The molecular formula is C16H20FN3O2. The molecule has 2 amide bonds. The van der Waals surface area contributed by atoms with Crippen molar-refractivity contribution in [2.24, 2.45) is 0 Å². The molecule has 0 saturated carbocycles. The van der Waals surface area contributed by atoms with Crippen LogP contribution < -0.4 is 5.32 Å². The number of hydrogen-bond donors (Lipinski definition) is 1. The Bertz CT molecular complexity index is 549. The Kier molecular flexibility index (Phi) is 4.38. The van der Waals surface area contributed by atoms with Gasteiger partial charge in [-0.2, -0.15) is 0 Å². The fourth-order valence-corrected chi connectivity index (χ4v) is 2.97. The smallest absolute Gasteiger partial charge is 0.251 e. The Labute approximate surface area is 129 Å². The van der Waals surface area contributed by atoms with Crippen LogP contribution in [0, 0.1) is 5.82 Å². The van der Waals surface area contributed by atoms with Crippen molar-refractivity contribution in [3.05, 3.63) is 35.6 Å². The van der Waals surface area contributed by atoms with E-state index >= 15 is 0 Å². The average Bonchev–Trinajstić information content (AvgIpc) is 2.98. The second kappa shape index (κ2) is 6.44. The molecule has 2 aliphatic rings. The molecule has 118 valence electrons. The van der Waals surface area contributed by atoms with E-state index in [0.29, 0.717) is 11.6 Å². The summed E-state index contributed by atoms with van der Waals surface area (Å²) in [6.07, 6.45) is 2.50. The van der Waals surface area contributed by atoms with Crippen molar-refractivity contribution in [1.82, 2.24) is 15.1 Å². The standard InChI is InChI=1S/C16H20FN3O2/c17-13-5-3-12(4-6-13)16(22)18-9-15(21)20-10-14(11-20)19-7-1-2-8-19/h3-6,14H,1-2,7-11H2,(H,18,22). The molecule has 2 heterocycles. The van der Waals surface area contributed by atoms with E-state index < -0.39 is 0 Å². The predicted octanol–water partition coefficient (Wildman–Crippen LogP) is 0.862. The molecule has 0 radical (unpaired) electrons. The van der Waals surface area contributed by atoms with Crippen LogP contribution in [-0.4, -0.2) is 60.4 Å². The summed E-state index contributed by atoms with van der Waals surface area (Å²) in [6, 6.07) is 5.75. The third-order valence-corrected chi connectivity index (χ3v) is 4.38. The highest BCUT2D eigenvalue weighted by atomic mass is 19.1. The van der Waals surface area contributed by atoms with Crippen LogP contribution >= 0.6 is 0 Å². The number of hydrogen-bond acceptors (Lipinski definition) is 3. The molecule has 0 bridgehead atoms. The van der Waals surface area contributed by atoms with Crippen LogP contribution in [0.25, 0.3) is 0 Å². The minimum atomic E-state index is -0.388. The van der Waals surface area contributed by atoms with E-state index in [0.717, 1.165) is 26.2 Å². The number of carbonyl (C=O) groups excluding carboxylic acids is 2. The number of carbonyl (C=O) groups is 2. The van der Waals surface area contributed by atoms with Gasteiger partial charge in [-0.05, 0) is 50.2 Å². The van der Waals surface area contributed by atoms with E-state index in [2.05, 4.69) is 10.2 Å². The van der Waals surface area contributed by atoms with E-state index in [-0.39, 0.29) is 24.2 Å². The van der Waals surface area contributed by atoms with Gasteiger partial charge in [-0.3, -0.25) is 14.5 Å². The molecule has 2 saturated heterocycles. The molecule has 6 heteroatoms. The Morgan fingerprint density at radius 2 is 1.77 bits per heavy atom. The molecule has 3 rings (SSSR count). The highest BCUT2D eigenvalue weighted by molar-refractivity contribution is 5.96. The van der Waals surface area contributed by atoms with Crippen molar-refractivity contribution < 1.29 is 14.0 Å². The maximum absolute atomic E-state index is 12.8. The Hall–Kier alpha value is -1.95. The fraction of sp³-hybridized carbons (Fsp3) is 0.500. The molecule has 1 N–H and O–H groups in total. The topological polar surface area (TPSA) is 52.7 Å². The molecule has 22 heavy (non-hydrogen) atoms. The van der Waals surface area contributed by atoms with Crippen LogP contribution in [0.5, 0.6) is 0 Å². The molecule has 0 aliphatic carbocycles. The van der Waals surface area contributed by atoms with Crippen molar-refractivity contribution in [2.75, 3.05) is 32.7 Å². The van der Waals surface area contributed by atoms with Gasteiger partial charge in [0.15, 0.2) is 0 Å². The molecule has 0 unspecified atom stereocenters. The van der Waals surface area contributed by atoms with Crippen molar-refractivity contribution in [1.29, 1.82) is 0 Å². The van der Waals surface area contributed by atoms with Gasteiger partial charge in [0.1, 0.15) is 5.82 Å². The molecule has 1 aromatic rings. The lowest BCUT2D eigenvalue weighted by atomic mass is 10.1. The summed E-state index contributed by atoms with van der Waals surface area (Å²) in [7, 11) is 0. The molecule has 0 aromatic heterocycles. The Balaban J connectivity index is 1.41. The summed E-state index contributed by atoms with van der Waals surface area (Å²) < 4.78 is 12.8. The molecule has 1 aromatic carbocycles. The lowest BCUT2D eigenvalue weighted by molar-refractivity contribution is -0.137. The number of benzene rings is 1. The van der Waals surface area contributed by atoms with Gasteiger partial charge in [0, 0.05) is 24.7 Å². The fourth-order valence-electron chi connectivity index (χ4n) is 2.97. The maximum Gasteiger partial charge on any atom is 0.251 e. The maximum atomic E-state index is 12.8. The first-order valence-electron chi connectivity index (χ1n) is 7.69.